The van der Waals surface area contributed by atoms with Crippen LogP contribution in [0.2, 0.25) is 0 Å². The predicted molar refractivity (Wildman–Crippen MR) is 94.5 cm³/mol. The molecule has 1 aliphatic rings. The van der Waals surface area contributed by atoms with Gasteiger partial charge in [0.15, 0.2) is 0 Å². The highest BCUT2D eigenvalue weighted by atomic mass is 32.2. The number of benzene rings is 1. The third-order valence-corrected chi connectivity index (χ3v) is 6.02. The van der Waals surface area contributed by atoms with E-state index in [1.807, 2.05) is 19.0 Å². The van der Waals surface area contributed by atoms with Gasteiger partial charge in [-0.1, -0.05) is 12.1 Å². The van der Waals surface area contributed by atoms with Gasteiger partial charge in [-0.15, -0.1) is 0 Å². The van der Waals surface area contributed by atoms with Gasteiger partial charge in [0.2, 0.25) is 15.9 Å². The summed E-state index contributed by atoms with van der Waals surface area (Å²) in [7, 11) is -0.764. The number of rotatable bonds is 6. The van der Waals surface area contributed by atoms with E-state index < -0.39 is 38.6 Å². The van der Waals surface area contributed by atoms with Crippen molar-refractivity contribution in [1.29, 1.82) is 0 Å². The molecule has 10 heteroatoms. The average molecular weight is 407 g/mol. The van der Waals surface area contributed by atoms with Crippen molar-refractivity contribution in [1.82, 2.24) is 14.5 Å². The van der Waals surface area contributed by atoms with Crippen molar-refractivity contribution >= 4 is 15.9 Å². The van der Waals surface area contributed by atoms with Crippen molar-refractivity contribution in [2.24, 2.45) is 0 Å². The zero-order valence-electron chi connectivity index (χ0n) is 15.5. The zero-order chi connectivity index (χ0) is 20.4. The van der Waals surface area contributed by atoms with Crippen molar-refractivity contribution < 1.29 is 26.4 Å². The third kappa shape index (κ3) is 5.20. The van der Waals surface area contributed by atoms with Gasteiger partial charge in [0.1, 0.15) is 0 Å². The fraction of sp³-hybridized carbons (Fsp3) is 0.588. The number of sulfonamides is 1. The molecular formula is C17H24F3N3O3S. The zero-order valence-corrected chi connectivity index (χ0v) is 16.3. The molecule has 0 bridgehead atoms. The largest absolute Gasteiger partial charge is 0.417 e. The molecule has 27 heavy (non-hydrogen) atoms. The normalized spacial score (nSPS) is 19.5. The first-order valence-corrected chi connectivity index (χ1v) is 10.1. The number of alkyl halides is 3. The summed E-state index contributed by atoms with van der Waals surface area (Å²) in [5.74, 6) is -0.438. The van der Waals surface area contributed by atoms with Crippen LogP contribution in [0.5, 0.6) is 0 Å². The number of hydrogen-bond acceptors (Lipinski definition) is 4. The van der Waals surface area contributed by atoms with Crippen LogP contribution in [0.1, 0.15) is 25.3 Å². The van der Waals surface area contributed by atoms with Gasteiger partial charge in [0.25, 0.3) is 0 Å². The van der Waals surface area contributed by atoms with E-state index in [-0.39, 0.29) is 6.04 Å². The molecule has 1 amide bonds. The van der Waals surface area contributed by atoms with E-state index in [1.54, 1.807) is 4.90 Å². The van der Waals surface area contributed by atoms with Crippen molar-refractivity contribution in [3.63, 3.8) is 0 Å². The molecule has 2 rings (SSSR count). The maximum atomic E-state index is 13.1. The Morgan fingerprint density at radius 3 is 2.56 bits per heavy atom. The second-order valence-corrected chi connectivity index (χ2v) is 8.61. The highest BCUT2D eigenvalue weighted by Gasteiger charge is 2.38. The van der Waals surface area contributed by atoms with Gasteiger partial charge >= 0.3 is 6.18 Å². The van der Waals surface area contributed by atoms with Gasteiger partial charge < -0.3 is 9.80 Å². The van der Waals surface area contributed by atoms with E-state index in [2.05, 4.69) is 4.72 Å². The maximum Gasteiger partial charge on any atom is 0.417 e. The molecule has 1 aromatic carbocycles. The quantitative estimate of drug-likeness (QED) is 0.782. The minimum absolute atomic E-state index is 0.0399. The standard InChI is InChI=1S/C17H24F3N3O3S/c1-12(16(24)23-10-6-7-13(23)11-22(2)3)21-27(25,26)15-9-5-4-8-14(15)17(18,19)20/h4-5,8-9,12-13,21H,6-7,10-11H2,1-3H3/t12-,13?/m0/s1. The molecule has 0 saturated carbocycles. The number of carbonyl (C=O) groups excluding carboxylic acids is 1. The molecule has 1 saturated heterocycles. The van der Waals surface area contributed by atoms with E-state index in [4.69, 9.17) is 0 Å². The maximum absolute atomic E-state index is 13.1. The minimum Gasteiger partial charge on any atom is -0.337 e. The molecule has 1 N–H and O–H groups in total. The van der Waals surface area contributed by atoms with Crippen LogP contribution in [-0.2, 0) is 21.0 Å². The Morgan fingerprint density at radius 1 is 1.33 bits per heavy atom. The molecule has 152 valence electrons. The third-order valence-electron chi connectivity index (χ3n) is 4.42. The molecule has 1 aromatic rings. The summed E-state index contributed by atoms with van der Waals surface area (Å²) in [6.45, 7) is 2.49. The number of carbonyl (C=O) groups is 1. The Hall–Kier alpha value is -1.65. The lowest BCUT2D eigenvalue weighted by Crippen LogP contribution is -2.50. The van der Waals surface area contributed by atoms with Crippen LogP contribution in [0.3, 0.4) is 0 Å². The van der Waals surface area contributed by atoms with Crippen molar-refractivity contribution in [2.75, 3.05) is 27.2 Å². The number of likely N-dealkylation sites (N-methyl/N-ethyl adjacent to an activating group) is 1. The van der Waals surface area contributed by atoms with Crippen LogP contribution in [0.4, 0.5) is 13.2 Å². The second kappa shape index (κ2) is 8.15. The topological polar surface area (TPSA) is 69.7 Å². The fourth-order valence-corrected chi connectivity index (χ4v) is 4.69. The first-order valence-electron chi connectivity index (χ1n) is 8.57. The van der Waals surface area contributed by atoms with Crippen LogP contribution < -0.4 is 4.72 Å². The van der Waals surface area contributed by atoms with E-state index in [1.165, 1.54) is 13.0 Å². The van der Waals surface area contributed by atoms with Crippen molar-refractivity contribution in [3.05, 3.63) is 29.8 Å². The van der Waals surface area contributed by atoms with E-state index in [9.17, 15) is 26.4 Å². The first kappa shape index (κ1) is 21.6. The molecule has 2 atom stereocenters. The average Bonchev–Trinajstić information content (AvgIpc) is 3.00. The molecule has 0 spiro atoms. The highest BCUT2D eigenvalue weighted by Crippen LogP contribution is 2.34. The van der Waals surface area contributed by atoms with Crippen LogP contribution in [0, 0.1) is 0 Å². The lowest BCUT2D eigenvalue weighted by molar-refractivity contribution is -0.139. The summed E-state index contributed by atoms with van der Waals surface area (Å²) in [4.78, 5) is 15.3. The SMILES string of the molecule is C[C@H](NS(=O)(=O)c1ccccc1C(F)(F)F)C(=O)N1CCCC1CN(C)C. The number of likely N-dealkylation sites (tertiary alicyclic amines) is 1. The second-order valence-electron chi connectivity index (χ2n) is 6.93. The Labute approximate surface area is 157 Å². The summed E-state index contributed by atoms with van der Waals surface area (Å²) in [5.41, 5.74) is -1.26. The van der Waals surface area contributed by atoms with Crippen molar-refractivity contribution in [2.45, 2.75) is 42.9 Å². The van der Waals surface area contributed by atoms with E-state index in [0.29, 0.717) is 19.2 Å². The lowest BCUT2D eigenvalue weighted by atomic mass is 10.2. The number of amides is 1. The highest BCUT2D eigenvalue weighted by molar-refractivity contribution is 7.89. The van der Waals surface area contributed by atoms with Gasteiger partial charge in [0, 0.05) is 19.1 Å². The summed E-state index contributed by atoms with van der Waals surface area (Å²) in [5, 5.41) is 0. The Balaban J connectivity index is 2.20. The number of hydrogen-bond donors (Lipinski definition) is 1. The monoisotopic (exact) mass is 407 g/mol. The number of nitrogens with one attached hydrogen (secondary N) is 1. The van der Waals surface area contributed by atoms with Crippen LogP contribution in [-0.4, -0.2) is 63.4 Å². The molecule has 0 aromatic heterocycles. The smallest absolute Gasteiger partial charge is 0.337 e. The van der Waals surface area contributed by atoms with E-state index in [0.717, 1.165) is 25.0 Å². The number of nitrogens with zero attached hydrogens (tertiary/aromatic N) is 2. The summed E-state index contributed by atoms with van der Waals surface area (Å²) >= 11 is 0. The molecule has 0 radical (unpaired) electrons. The molecule has 1 heterocycles. The molecule has 0 aliphatic carbocycles. The van der Waals surface area contributed by atoms with E-state index >= 15 is 0 Å². The van der Waals surface area contributed by atoms with Crippen LogP contribution >= 0.6 is 0 Å². The molecule has 1 fully saturated rings. The van der Waals surface area contributed by atoms with Gasteiger partial charge in [-0.05, 0) is 46.0 Å². The Kier molecular flexibility index (Phi) is 6.54. The molecular weight excluding hydrogens is 383 g/mol. The summed E-state index contributed by atoms with van der Waals surface area (Å²) in [6, 6.07) is 2.71. The van der Waals surface area contributed by atoms with Gasteiger partial charge in [-0.3, -0.25) is 4.79 Å². The van der Waals surface area contributed by atoms with Gasteiger partial charge in [-0.25, -0.2) is 8.42 Å². The first-order chi connectivity index (χ1) is 12.4. The number of halogens is 3. The van der Waals surface area contributed by atoms with Gasteiger partial charge in [-0.2, -0.15) is 17.9 Å². The fourth-order valence-electron chi connectivity index (χ4n) is 3.27. The summed E-state index contributed by atoms with van der Waals surface area (Å²) < 4.78 is 66.5. The van der Waals surface area contributed by atoms with Crippen LogP contribution in [0.25, 0.3) is 0 Å². The Morgan fingerprint density at radius 2 is 1.96 bits per heavy atom. The van der Waals surface area contributed by atoms with Crippen molar-refractivity contribution in [3.8, 4) is 0 Å². The molecule has 6 nitrogen and oxygen atoms in total. The minimum atomic E-state index is -4.82. The Bertz CT molecular complexity index is 781. The molecule has 1 aliphatic heterocycles. The predicted octanol–water partition coefficient (Wildman–Crippen LogP) is 1.92. The van der Waals surface area contributed by atoms with Gasteiger partial charge in [0.05, 0.1) is 16.5 Å². The molecule has 1 unspecified atom stereocenters. The van der Waals surface area contributed by atoms with Crippen LogP contribution in [0.15, 0.2) is 29.2 Å². The summed E-state index contributed by atoms with van der Waals surface area (Å²) in [6.07, 6.45) is -3.20. The lowest BCUT2D eigenvalue weighted by Gasteiger charge is -2.29.